The number of hydrogen-bond donors (Lipinski definition) is 0. The van der Waals surface area contributed by atoms with Crippen LogP contribution in [0.3, 0.4) is 0 Å². The van der Waals surface area contributed by atoms with Crippen molar-refractivity contribution < 1.29 is 4.79 Å². The van der Waals surface area contributed by atoms with Gasteiger partial charge in [-0.15, -0.1) is 11.8 Å². The smallest absolute Gasteiger partial charge is 0.152 e. The fraction of sp³-hybridized carbons (Fsp3) is 0.714. The lowest BCUT2D eigenvalue weighted by atomic mass is 10.1. The van der Waals surface area contributed by atoms with Gasteiger partial charge in [0.2, 0.25) is 0 Å². The van der Waals surface area contributed by atoms with Crippen LogP contribution >= 0.6 is 35.1 Å². The van der Waals surface area contributed by atoms with Crippen molar-refractivity contribution in [2.45, 2.75) is 49.4 Å². The zero-order chi connectivity index (χ0) is 14.9. The summed E-state index contributed by atoms with van der Waals surface area (Å²) in [7, 11) is 1.86. The zero-order valence-electron chi connectivity index (χ0n) is 12.4. The number of rotatable bonds is 4. The molecule has 0 bridgehead atoms. The van der Waals surface area contributed by atoms with Crippen molar-refractivity contribution >= 4 is 40.9 Å². The van der Waals surface area contributed by atoms with E-state index in [0.717, 1.165) is 23.6 Å². The van der Waals surface area contributed by atoms with Crippen molar-refractivity contribution in [3.05, 3.63) is 16.4 Å². The lowest BCUT2D eigenvalue weighted by molar-refractivity contribution is -0.117. The summed E-state index contributed by atoms with van der Waals surface area (Å²) in [5, 5.41) is 6.27. The summed E-state index contributed by atoms with van der Waals surface area (Å²) in [5.74, 6) is 1.18. The quantitative estimate of drug-likeness (QED) is 0.846. The highest BCUT2D eigenvalue weighted by Crippen LogP contribution is 2.36. The molecule has 0 spiro atoms. The first-order chi connectivity index (χ1) is 9.43. The van der Waals surface area contributed by atoms with Crippen molar-refractivity contribution in [1.29, 1.82) is 0 Å². The predicted octanol–water partition coefficient (Wildman–Crippen LogP) is 3.37. The Balaban J connectivity index is 2.07. The molecule has 3 nitrogen and oxygen atoms in total. The van der Waals surface area contributed by atoms with Gasteiger partial charge in [-0.25, -0.2) is 0 Å². The highest BCUT2D eigenvalue weighted by Gasteiger charge is 2.31. The highest BCUT2D eigenvalue weighted by atomic mass is 35.5. The second kappa shape index (κ2) is 6.75. The Bertz CT molecular complexity index is 504. The minimum absolute atomic E-state index is 0.0854. The normalized spacial score (nSPS) is 26.8. The van der Waals surface area contributed by atoms with Gasteiger partial charge in [0.1, 0.15) is 0 Å². The molecule has 1 fully saturated rings. The minimum atomic E-state index is 0.0854. The number of aromatic nitrogens is 2. The fourth-order valence-electron chi connectivity index (χ4n) is 2.24. The van der Waals surface area contributed by atoms with E-state index in [-0.39, 0.29) is 11.0 Å². The van der Waals surface area contributed by atoms with Crippen molar-refractivity contribution in [1.82, 2.24) is 9.78 Å². The molecule has 6 heteroatoms. The van der Waals surface area contributed by atoms with E-state index in [1.165, 1.54) is 0 Å². The van der Waals surface area contributed by atoms with Crippen LogP contribution in [0.25, 0.3) is 0 Å². The molecule has 0 aliphatic carbocycles. The van der Waals surface area contributed by atoms with Gasteiger partial charge in [-0.05, 0) is 6.42 Å². The van der Waals surface area contributed by atoms with Crippen LogP contribution in [0.5, 0.6) is 0 Å². The monoisotopic (exact) mass is 332 g/mol. The maximum Gasteiger partial charge on any atom is 0.152 e. The molecule has 3 unspecified atom stereocenters. The van der Waals surface area contributed by atoms with E-state index in [2.05, 4.69) is 18.9 Å². The first-order valence-corrected chi connectivity index (χ1v) is 9.31. The Morgan fingerprint density at radius 1 is 1.45 bits per heavy atom. The van der Waals surface area contributed by atoms with Gasteiger partial charge in [-0.2, -0.15) is 16.9 Å². The van der Waals surface area contributed by atoms with Gasteiger partial charge in [-0.1, -0.05) is 32.4 Å². The van der Waals surface area contributed by atoms with Crippen molar-refractivity contribution in [2.24, 2.45) is 7.05 Å². The molecule has 0 radical (unpaired) electrons. The molecule has 1 aromatic heterocycles. The Morgan fingerprint density at radius 3 is 2.70 bits per heavy atom. The Kier molecular flexibility index (Phi) is 5.49. The van der Waals surface area contributed by atoms with Gasteiger partial charge in [0, 0.05) is 23.3 Å². The average molecular weight is 333 g/mol. The minimum Gasteiger partial charge on any atom is -0.298 e. The largest absolute Gasteiger partial charge is 0.298 e. The molecule has 1 aliphatic heterocycles. The van der Waals surface area contributed by atoms with E-state index in [9.17, 15) is 4.79 Å². The summed E-state index contributed by atoms with van der Waals surface area (Å²) in [6.07, 6.45) is 1.19. The molecular formula is C14H21ClN2OS2. The molecule has 20 heavy (non-hydrogen) atoms. The van der Waals surface area contributed by atoms with Crippen LogP contribution in [-0.4, -0.2) is 37.1 Å². The summed E-state index contributed by atoms with van der Waals surface area (Å²) in [6, 6.07) is 0. The standard InChI is InChI=1S/C14H21ClN2OS2/c1-5-10-14(15)11(17(4)16-10)6-12(18)13-7-19-8(2)9(3)20-13/h8-9,13H,5-7H2,1-4H3. The topological polar surface area (TPSA) is 34.9 Å². The lowest BCUT2D eigenvalue weighted by Crippen LogP contribution is -2.32. The molecule has 112 valence electrons. The van der Waals surface area contributed by atoms with Gasteiger partial charge in [0.05, 0.1) is 28.1 Å². The zero-order valence-corrected chi connectivity index (χ0v) is 14.7. The van der Waals surface area contributed by atoms with E-state index >= 15 is 0 Å². The molecule has 1 saturated heterocycles. The number of aryl methyl sites for hydroxylation is 2. The van der Waals surface area contributed by atoms with Crippen molar-refractivity contribution in [2.75, 3.05) is 5.75 Å². The van der Waals surface area contributed by atoms with Crippen LogP contribution in [0.15, 0.2) is 0 Å². The highest BCUT2D eigenvalue weighted by molar-refractivity contribution is 8.08. The molecule has 0 amide bonds. The summed E-state index contributed by atoms with van der Waals surface area (Å²) in [4.78, 5) is 12.5. The Hall–Kier alpha value is -0.130. The lowest BCUT2D eigenvalue weighted by Gasteiger charge is -2.30. The van der Waals surface area contributed by atoms with Crippen molar-refractivity contribution in [3.63, 3.8) is 0 Å². The Morgan fingerprint density at radius 2 is 2.15 bits per heavy atom. The van der Waals surface area contributed by atoms with E-state index in [4.69, 9.17) is 11.6 Å². The number of Topliss-reactive ketones (excluding diaryl/α,β-unsaturated/α-hetero) is 1. The van der Waals surface area contributed by atoms with Crippen LogP contribution in [0, 0.1) is 0 Å². The molecule has 2 heterocycles. The maximum atomic E-state index is 12.5. The second-order valence-corrected chi connectivity index (χ2v) is 8.57. The molecule has 0 N–H and O–H groups in total. The number of hydrogen-bond acceptors (Lipinski definition) is 4. The van der Waals surface area contributed by atoms with Gasteiger partial charge >= 0.3 is 0 Å². The first-order valence-electron chi connectivity index (χ1n) is 6.94. The summed E-state index contributed by atoms with van der Waals surface area (Å²) in [5.41, 5.74) is 1.73. The van der Waals surface area contributed by atoms with Crippen molar-refractivity contribution in [3.8, 4) is 0 Å². The van der Waals surface area contributed by atoms with Gasteiger partial charge in [0.15, 0.2) is 5.78 Å². The van der Waals surface area contributed by atoms with Crippen LogP contribution < -0.4 is 0 Å². The second-order valence-electron chi connectivity index (χ2n) is 5.20. The number of carbonyl (C=O) groups excluding carboxylic acids is 1. The van der Waals surface area contributed by atoms with Crippen LogP contribution in [0.4, 0.5) is 0 Å². The summed E-state index contributed by atoms with van der Waals surface area (Å²) >= 11 is 10.0. The SMILES string of the molecule is CCc1nn(C)c(CC(=O)C2CSC(C)C(C)S2)c1Cl. The van der Waals surface area contributed by atoms with E-state index < -0.39 is 0 Å². The molecule has 0 saturated carbocycles. The number of nitrogens with zero attached hydrogens (tertiary/aromatic N) is 2. The van der Waals surface area contributed by atoms with Gasteiger partial charge in [-0.3, -0.25) is 9.48 Å². The molecule has 0 aromatic carbocycles. The van der Waals surface area contributed by atoms with E-state index in [0.29, 0.717) is 21.9 Å². The molecule has 1 aromatic rings. The van der Waals surface area contributed by atoms with Crippen LogP contribution in [0.2, 0.25) is 5.02 Å². The third-order valence-electron chi connectivity index (χ3n) is 3.75. The number of ketones is 1. The predicted molar refractivity (Wildman–Crippen MR) is 89.1 cm³/mol. The number of halogens is 1. The van der Waals surface area contributed by atoms with Crippen LogP contribution in [0.1, 0.15) is 32.2 Å². The molecule has 1 aliphatic rings. The Labute approximate surface area is 134 Å². The van der Waals surface area contributed by atoms with Crippen LogP contribution in [-0.2, 0) is 24.7 Å². The average Bonchev–Trinajstić information content (AvgIpc) is 2.69. The molecular weight excluding hydrogens is 312 g/mol. The van der Waals surface area contributed by atoms with E-state index in [1.54, 1.807) is 16.4 Å². The molecule has 2 rings (SSSR count). The fourth-order valence-corrected chi connectivity index (χ4v) is 5.49. The molecule has 3 atom stereocenters. The summed E-state index contributed by atoms with van der Waals surface area (Å²) in [6.45, 7) is 6.46. The number of carbonyl (C=O) groups is 1. The first kappa shape index (κ1) is 16.2. The van der Waals surface area contributed by atoms with Gasteiger partial charge < -0.3 is 0 Å². The summed E-state index contributed by atoms with van der Waals surface area (Å²) < 4.78 is 1.76. The van der Waals surface area contributed by atoms with Gasteiger partial charge in [0.25, 0.3) is 0 Å². The number of thioether (sulfide) groups is 2. The van der Waals surface area contributed by atoms with E-state index in [1.807, 2.05) is 25.7 Å². The third-order valence-corrected chi connectivity index (χ3v) is 7.63. The maximum absolute atomic E-state index is 12.5. The third kappa shape index (κ3) is 3.37.